The Hall–Kier alpha value is 0.230. The van der Waals surface area contributed by atoms with Crippen LogP contribution in [0.5, 0.6) is 0 Å². The van der Waals surface area contributed by atoms with E-state index in [2.05, 4.69) is 18.7 Å². The largest absolute Gasteiger partial charge is 0.379 e. The molecule has 0 aliphatic rings. The first-order valence-electron chi connectivity index (χ1n) is 5.43. The van der Waals surface area contributed by atoms with Gasteiger partial charge < -0.3 is 15.4 Å². The molecule has 0 saturated heterocycles. The molecule has 0 atom stereocenters. The molecule has 0 saturated carbocycles. The number of thioether (sulfide) groups is 1. The minimum absolute atomic E-state index is 0.629. The van der Waals surface area contributed by atoms with E-state index in [1.54, 1.807) is 0 Å². The molecular formula is C10H24N2OS. The van der Waals surface area contributed by atoms with E-state index in [1.165, 1.54) is 12.3 Å². The monoisotopic (exact) mass is 220 g/mol. The van der Waals surface area contributed by atoms with E-state index in [0.29, 0.717) is 13.2 Å². The summed E-state index contributed by atoms with van der Waals surface area (Å²) in [6, 6.07) is 0. The number of hydrogen-bond acceptors (Lipinski definition) is 4. The second kappa shape index (κ2) is 11.3. The first-order chi connectivity index (χ1) is 6.85. The van der Waals surface area contributed by atoms with Crippen LogP contribution in [0.1, 0.15) is 13.8 Å². The van der Waals surface area contributed by atoms with Crippen LogP contribution >= 0.6 is 11.8 Å². The molecule has 0 aromatic rings. The van der Waals surface area contributed by atoms with Gasteiger partial charge in [-0.1, -0.05) is 13.8 Å². The first-order valence-corrected chi connectivity index (χ1v) is 6.58. The van der Waals surface area contributed by atoms with Crippen LogP contribution in [0.25, 0.3) is 0 Å². The molecule has 0 radical (unpaired) electrons. The molecule has 0 aliphatic carbocycles. The van der Waals surface area contributed by atoms with Gasteiger partial charge in [-0.2, -0.15) is 11.8 Å². The maximum Gasteiger partial charge on any atom is 0.0589 e. The quantitative estimate of drug-likeness (QED) is 0.558. The van der Waals surface area contributed by atoms with E-state index in [0.717, 1.165) is 25.4 Å². The summed E-state index contributed by atoms with van der Waals surface area (Å²) in [5.41, 5.74) is 5.31. The molecule has 14 heavy (non-hydrogen) atoms. The Morgan fingerprint density at radius 2 is 1.86 bits per heavy atom. The summed E-state index contributed by atoms with van der Waals surface area (Å²) in [6.07, 6.45) is 0. The molecule has 0 fully saturated rings. The molecule has 0 aliphatic heterocycles. The van der Waals surface area contributed by atoms with Gasteiger partial charge in [-0.15, -0.1) is 0 Å². The molecule has 0 spiro atoms. The minimum Gasteiger partial charge on any atom is -0.379 e. The summed E-state index contributed by atoms with van der Waals surface area (Å²) >= 11 is 1.96. The van der Waals surface area contributed by atoms with Gasteiger partial charge >= 0.3 is 0 Å². The summed E-state index contributed by atoms with van der Waals surface area (Å²) in [5, 5.41) is 0. The molecule has 0 heterocycles. The second-order valence-corrected chi connectivity index (χ2v) is 4.27. The summed E-state index contributed by atoms with van der Waals surface area (Å²) < 4.78 is 5.28. The standard InChI is InChI=1S/C10H24N2OS/c1-3-12(4-2)6-9-14-10-8-13-7-5-11/h3-11H2,1-2H3. The van der Waals surface area contributed by atoms with Crippen molar-refractivity contribution in [3.05, 3.63) is 0 Å². The Morgan fingerprint density at radius 1 is 1.14 bits per heavy atom. The van der Waals surface area contributed by atoms with Gasteiger partial charge in [-0.3, -0.25) is 0 Å². The van der Waals surface area contributed by atoms with Gasteiger partial charge in [0.1, 0.15) is 0 Å². The lowest BCUT2D eigenvalue weighted by Gasteiger charge is -2.17. The van der Waals surface area contributed by atoms with Crippen molar-refractivity contribution >= 4 is 11.8 Å². The highest BCUT2D eigenvalue weighted by Crippen LogP contribution is 2.00. The molecule has 0 bridgehead atoms. The second-order valence-electron chi connectivity index (χ2n) is 3.04. The number of nitrogens with zero attached hydrogens (tertiary/aromatic N) is 1. The normalized spacial score (nSPS) is 11.1. The zero-order chi connectivity index (χ0) is 10.6. The van der Waals surface area contributed by atoms with Crippen molar-refractivity contribution in [3.8, 4) is 0 Å². The van der Waals surface area contributed by atoms with Gasteiger partial charge in [0, 0.05) is 24.6 Å². The average molecular weight is 220 g/mol. The number of ether oxygens (including phenoxy) is 1. The van der Waals surface area contributed by atoms with Crippen molar-refractivity contribution in [1.29, 1.82) is 0 Å². The van der Waals surface area contributed by atoms with Gasteiger partial charge in [-0.05, 0) is 13.1 Å². The van der Waals surface area contributed by atoms with Crippen molar-refractivity contribution in [2.45, 2.75) is 13.8 Å². The van der Waals surface area contributed by atoms with Crippen LogP contribution in [0.4, 0.5) is 0 Å². The van der Waals surface area contributed by atoms with E-state index in [1.807, 2.05) is 11.8 Å². The Bertz CT molecular complexity index is 110. The summed E-state index contributed by atoms with van der Waals surface area (Å²) in [7, 11) is 0. The van der Waals surface area contributed by atoms with Crippen LogP contribution in [0, 0.1) is 0 Å². The van der Waals surface area contributed by atoms with Gasteiger partial charge in [0.2, 0.25) is 0 Å². The van der Waals surface area contributed by atoms with Crippen LogP contribution in [-0.2, 0) is 4.74 Å². The molecule has 0 rings (SSSR count). The molecule has 0 unspecified atom stereocenters. The highest BCUT2D eigenvalue weighted by molar-refractivity contribution is 7.99. The van der Waals surface area contributed by atoms with Gasteiger partial charge in [-0.25, -0.2) is 0 Å². The van der Waals surface area contributed by atoms with E-state index in [4.69, 9.17) is 10.5 Å². The van der Waals surface area contributed by atoms with Crippen LogP contribution < -0.4 is 5.73 Å². The zero-order valence-electron chi connectivity index (χ0n) is 9.50. The zero-order valence-corrected chi connectivity index (χ0v) is 10.3. The predicted octanol–water partition coefficient (Wildman–Crippen LogP) is 1.04. The summed E-state index contributed by atoms with van der Waals surface area (Å²) in [6.45, 7) is 10.1. The van der Waals surface area contributed by atoms with E-state index >= 15 is 0 Å². The Balaban J connectivity index is 3.04. The third-order valence-electron chi connectivity index (χ3n) is 2.08. The van der Waals surface area contributed by atoms with E-state index in [9.17, 15) is 0 Å². The van der Waals surface area contributed by atoms with E-state index in [-0.39, 0.29) is 0 Å². The van der Waals surface area contributed by atoms with Crippen LogP contribution in [0.3, 0.4) is 0 Å². The number of hydrogen-bond donors (Lipinski definition) is 1. The third-order valence-corrected chi connectivity index (χ3v) is 3.01. The van der Waals surface area contributed by atoms with Crippen molar-refractivity contribution in [1.82, 2.24) is 4.90 Å². The lowest BCUT2D eigenvalue weighted by molar-refractivity contribution is 0.158. The fraction of sp³-hybridized carbons (Fsp3) is 1.00. The van der Waals surface area contributed by atoms with Crippen molar-refractivity contribution in [2.75, 3.05) is 50.9 Å². The molecule has 3 nitrogen and oxygen atoms in total. The lowest BCUT2D eigenvalue weighted by atomic mass is 10.5. The average Bonchev–Trinajstić information content (AvgIpc) is 2.22. The minimum atomic E-state index is 0.629. The molecule has 86 valence electrons. The van der Waals surface area contributed by atoms with Crippen LogP contribution in [0.2, 0.25) is 0 Å². The third kappa shape index (κ3) is 8.81. The van der Waals surface area contributed by atoms with E-state index < -0.39 is 0 Å². The SMILES string of the molecule is CCN(CC)CCSCCOCCN. The highest BCUT2D eigenvalue weighted by Gasteiger charge is 1.97. The van der Waals surface area contributed by atoms with Gasteiger partial charge in [0.25, 0.3) is 0 Å². The smallest absolute Gasteiger partial charge is 0.0589 e. The van der Waals surface area contributed by atoms with Gasteiger partial charge in [0.15, 0.2) is 0 Å². The Labute approximate surface area is 92.4 Å². The maximum absolute atomic E-state index is 5.31. The predicted molar refractivity (Wildman–Crippen MR) is 65.0 cm³/mol. The number of rotatable bonds is 10. The van der Waals surface area contributed by atoms with Gasteiger partial charge in [0.05, 0.1) is 13.2 Å². The van der Waals surface area contributed by atoms with Crippen LogP contribution in [0.15, 0.2) is 0 Å². The number of nitrogens with two attached hydrogens (primary N) is 1. The first kappa shape index (κ1) is 14.2. The molecule has 0 aromatic heterocycles. The Kier molecular flexibility index (Phi) is 11.5. The molecular weight excluding hydrogens is 196 g/mol. The Morgan fingerprint density at radius 3 is 2.43 bits per heavy atom. The van der Waals surface area contributed by atoms with Crippen molar-refractivity contribution < 1.29 is 4.74 Å². The maximum atomic E-state index is 5.31. The fourth-order valence-corrected chi connectivity index (χ4v) is 1.97. The molecule has 4 heteroatoms. The molecule has 0 aromatic carbocycles. The topological polar surface area (TPSA) is 38.5 Å². The lowest BCUT2D eigenvalue weighted by Crippen LogP contribution is -2.25. The fourth-order valence-electron chi connectivity index (χ4n) is 1.14. The molecule has 0 amide bonds. The summed E-state index contributed by atoms with van der Waals surface area (Å²) in [5.74, 6) is 2.29. The highest BCUT2D eigenvalue weighted by atomic mass is 32.2. The molecule has 2 N–H and O–H groups in total. The van der Waals surface area contributed by atoms with Crippen molar-refractivity contribution in [2.24, 2.45) is 5.73 Å². The summed E-state index contributed by atoms with van der Waals surface area (Å²) in [4.78, 5) is 2.44. The van der Waals surface area contributed by atoms with Crippen molar-refractivity contribution in [3.63, 3.8) is 0 Å². The van der Waals surface area contributed by atoms with Crippen LogP contribution in [-0.4, -0.2) is 55.8 Å².